The molecule has 2 saturated heterocycles. The van der Waals surface area contributed by atoms with E-state index in [9.17, 15) is 4.79 Å². The molecule has 0 spiro atoms. The van der Waals surface area contributed by atoms with Crippen molar-refractivity contribution < 1.29 is 14.3 Å². The molecule has 8 heteroatoms. The van der Waals surface area contributed by atoms with Crippen LogP contribution < -0.4 is 0 Å². The molecule has 0 saturated carbocycles. The summed E-state index contributed by atoms with van der Waals surface area (Å²) < 4.78 is 11.2. The van der Waals surface area contributed by atoms with E-state index in [1.807, 2.05) is 35.2 Å². The van der Waals surface area contributed by atoms with Crippen LogP contribution in [0, 0.1) is 0 Å². The fourth-order valence-corrected chi connectivity index (χ4v) is 3.37. The molecule has 2 aliphatic rings. The molecule has 2 fully saturated rings. The number of benzene rings is 1. The molecular weight excluding hydrogens is 322 g/mol. The Morgan fingerprint density at radius 2 is 1.96 bits per heavy atom. The second-order valence-electron chi connectivity index (χ2n) is 6.27. The van der Waals surface area contributed by atoms with Crippen molar-refractivity contribution in [1.29, 1.82) is 0 Å². The molecule has 1 aromatic carbocycles. The predicted molar refractivity (Wildman–Crippen MR) is 88.3 cm³/mol. The van der Waals surface area contributed by atoms with E-state index in [-0.39, 0.29) is 24.8 Å². The Labute approximate surface area is 145 Å². The highest BCUT2D eigenvalue weighted by atomic mass is 16.7. The number of hydrogen-bond acceptors (Lipinski definition) is 6. The van der Waals surface area contributed by atoms with E-state index in [2.05, 4.69) is 15.4 Å². The van der Waals surface area contributed by atoms with E-state index < -0.39 is 0 Å². The lowest BCUT2D eigenvalue weighted by Crippen LogP contribution is -2.51. The largest absolute Gasteiger partial charge is 0.348 e. The Morgan fingerprint density at radius 1 is 1.16 bits per heavy atom. The highest BCUT2D eigenvalue weighted by molar-refractivity contribution is 5.76. The van der Waals surface area contributed by atoms with Gasteiger partial charge in [-0.15, -0.1) is 10.2 Å². The molecule has 2 aliphatic heterocycles. The normalized spacial score (nSPS) is 21.6. The number of aromatic nitrogens is 4. The SMILES string of the molecule is O=C(Cn1nnc(-c2ccccc2)n1)N1CCCCC1C1OCCO1. The monoisotopic (exact) mass is 343 g/mol. The van der Waals surface area contributed by atoms with Crippen molar-refractivity contribution in [2.45, 2.75) is 38.1 Å². The van der Waals surface area contributed by atoms with E-state index in [0.717, 1.165) is 24.8 Å². The molecule has 2 aromatic rings. The van der Waals surface area contributed by atoms with Crippen molar-refractivity contribution in [2.24, 2.45) is 0 Å². The van der Waals surface area contributed by atoms with Crippen LogP contribution in [0.5, 0.6) is 0 Å². The van der Waals surface area contributed by atoms with Crippen molar-refractivity contribution in [1.82, 2.24) is 25.1 Å². The Kier molecular flexibility index (Phi) is 4.71. The second-order valence-corrected chi connectivity index (χ2v) is 6.27. The van der Waals surface area contributed by atoms with E-state index in [0.29, 0.717) is 25.6 Å². The first-order chi connectivity index (χ1) is 12.3. The third-order valence-electron chi connectivity index (χ3n) is 4.59. The molecule has 1 amide bonds. The number of hydrogen-bond donors (Lipinski definition) is 0. The van der Waals surface area contributed by atoms with Crippen LogP contribution in [-0.4, -0.2) is 63.1 Å². The first-order valence-electron chi connectivity index (χ1n) is 8.67. The van der Waals surface area contributed by atoms with Crippen molar-refractivity contribution in [3.05, 3.63) is 30.3 Å². The number of amides is 1. The average Bonchev–Trinajstić information content (AvgIpc) is 3.34. The van der Waals surface area contributed by atoms with Gasteiger partial charge in [-0.1, -0.05) is 30.3 Å². The summed E-state index contributed by atoms with van der Waals surface area (Å²) in [4.78, 5) is 16.0. The summed E-state index contributed by atoms with van der Waals surface area (Å²) in [5, 5.41) is 12.4. The fraction of sp³-hybridized carbons (Fsp3) is 0.529. The quantitative estimate of drug-likeness (QED) is 0.827. The van der Waals surface area contributed by atoms with E-state index in [4.69, 9.17) is 9.47 Å². The number of ether oxygens (including phenoxy) is 2. The maximum absolute atomic E-state index is 12.8. The molecule has 25 heavy (non-hydrogen) atoms. The number of nitrogens with zero attached hydrogens (tertiary/aromatic N) is 5. The van der Waals surface area contributed by atoms with Gasteiger partial charge in [0.2, 0.25) is 11.7 Å². The first-order valence-corrected chi connectivity index (χ1v) is 8.67. The van der Waals surface area contributed by atoms with Gasteiger partial charge in [0.15, 0.2) is 6.29 Å². The van der Waals surface area contributed by atoms with Gasteiger partial charge in [-0.05, 0) is 24.5 Å². The van der Waals surface area contributed by atoms with Crippen molar-refractivity contribution in [3.8, 4) is 11.4 Å². The minimum atomic E-state index is -0.312. The predicted octanol–water partition coefficient (Wildman–Crippen LogP) is 1.09. The van der Waals surface area contributed by atoms with Crippen LogP contribution in [0.2, 0.25) is 0 Å². The van der Waals surface area contributed by atoms with Gasteiger partial charge in [0.1, 0.15) is 6.54 Å². The Morgan fingerprint density at radius 3 is 2.76 bits per heavy atom. The number of rotatable bonds is 4. The zero-order valence-electron chi connectivity index (χ0n) is 14.0. The van der Waals surface area contributed by atoms with Gasteiger partial charge in [-0.25, -0.2) is 0 Å². The van der Waals surface area contributed by atoms with Crippen LogP contribution in [0.15, 0.2) is 30.3 Å². The number of carbonyl (C=O) groups is 1. The summed E-state index contributed by atoms with van der Waals surface area (Å²) in [6.07, 6.45) is 2.66. The van der Waals surface area contributed by atoms with Gasteiger partial charge in [0, 0.05) is 12.1 Å². The molecule has 1 aromatic heterocycles. The van der Waals surface area contributed by atoms with Crippen LogP contribution >= 0.6 is 0 Å². The summed E-state index contributed by atoms with van der Waals surface area (Å²) in [6, 6.07) is 9.57. The van der Waals surface area contributed by atoms with Crippen LogP contribution in [0.4, 0.5) is 0 Å². The summed E-state index contributed by atoms with van der Waals surface area (Å²) in [5.41, 5.74) is 0.879. The van der Waals surface area contributed by atoms with Crippen molar-refractivity contribution in [2.75, 3.05) is 19.8 Å². The van der Waals surface area contributed by atoms with Gasteiger partial charge in [0.25, 0.3) is 0 Å². The van der Waals surface area contributed by atoms with Gasteiger partial charge in [-0.3, -0.25) is 4.79 Å². The van der Waals surface area contributed by atoms with Gasteiger partial charge >= 0.3 is 0 Å². The molecule has 132 valence electrons. The van der Waals surface area contributed by atoms with Crippen LogP contribution in [0.1, 0.15) is 19.3 Å². The average molecular weight is 343 g/mol. The lowest BCUT2D eigenvalue weighted by molar-refractivity contribution is -0.151. The van der Waals surface area contributed by atoms with E-state index in [1.54, 1.807) is 0 Å². The van der Waals surface area contributed by atoms with Gasteiger partial charge < -0.3 is 14.4 Å². The topological polar surface area (TPSA) is 82.4 Å². The number of likely N-dealkylation sites (tertiary alicyclic amines) is 1. The first kappa shape index (κ1) is 16.2. The summed E-state index contributed by atoms with van der Waals surface area (Å²) >= 11 is 0. The van der Waals surface area contributed by atoms with E-state index >= 15 is 0 Å². The summed E-state index contributed by atoms with van der Waals surface area (Å²) in [5.74, 6) is 0.492. The van der Waals surface area contributed by atoms with Gasteiger partial charge in [0.05, 0.1) is 19.3 Å². The van der Waals surface area contributed by atoms with Crippen molar-refractivity contribution in [3.63, 3.8) is 0 Å². The lowest BCUT2D eigenvalue weighted by Gasteiger charge is -2.37. The number of piperidine rings is 1. The van der Waals surface area contributed by atoms with Crippen LogP contribution in [-0.2, 0) is 20.8 Å². The fourth-order valence-electron chi connectivity index (χ4n) is 3.37. The Bertz CT molecular complexity index is 714. The molecule has 1 unspecified atom stereocenters. The summed E-state index contributed by atoms with van der Waals surface area (Å²) in [7, 11) is 0. The van der Waals surface area contributed by atoms with Crippen LogP contribution in [0.3, 0.4) is 0 Å². The molecule has 0 N–H and O–H groups in total. The molecule has 3 heterocycles. The molecule has 4 rings (SSSR count). The minimum absolute atomic E-state index is 0.0270. The zero-order valence-corrected chi connectivity index (χ0v) is 14.0. The zero-order chi connectivity index (χ0) is 17.1. The van der Waals surface area contributed by atoms with Crippen molar-refractivity contribution >= 4 is 5.91 Å². The van der Waals surface area contributed by atoms with E-state index in [1.165, 1.54) is 4.80 Å². The standard InChI is InChI=1S/C17H21N5O3/c23-15(21-9-5-4-8-14(21)17-24-10-11-25-17)12-22-19-16(18-20-22)13-6-2-1-3-7-13/h1-3,6-7,14,17H,4-5,8-12H2. The highest BCUT2D eigenvalue weighted by Gasteiger charge is 2.36. The number of carbonyl (C=O) groups excluding carboxylic acids is 1. The van der Waals surface area contributed by atoms with Crippen LogP contribution in [0.25, 0.3) is 11.4 Å². The molecule has 0 radical (unpaired) electrons. The second kappa shape index (κ2) is 7.28. The Balaban J connectivity index is 1.44. The lowest BCUT2D eigenvalue weighted by atomic mass is 10.0. The molecule has 0 aliphatic carbocycles. The smallest absolute Gasteiger partial charge is 0.246 e. The number of tetrazole rings is 1. The third kappa shape index (κ3) is 3.54. The maximum Gasteiger partial charge on any atom is 0.246 e. The van der Waals surface area contributed by atoms with Gasteiger partial charge in [-0.2, -0.15) is 4.80 Å². The summed E-state index contributed by atoms with van der Waals surface area (Å²) in [6.45, 7) is 1.97. The third-order valence-corrected chi connectivity index (χ3v) is 4.59. The highest BCUT2D eigenvalue weighted by Crippen LogP contribution is 2.24. The maximum atomic E-state index is 12.8. The minimum Gasteiger partial charge on any atom is -0.348 e. The molecule has 1 atom stereocenters. The molecular formula is C17H21N5O3. The Hall–Kier alpha value is -2.32. The molecule has 0 bridgehead atoms. The molecule has 8 nitrogen and oxygen atoms in total.